The van der Waals surface area contributed by atoms with E-state index in [1.165, 1.54) is 0 Å². The van der Waals surface area contributed by atoms with E-state index in [0.29, 0.717) is 0 Å². The van der Waals surface area contributed by atoms with E-state index in [9.17, 15) is 0 Å². The standard InChI is InChI=1S/CNO2Si.Na/c2-1-5(3)4;/q-1;+1. The zero-order valence-electron chi connectivity index (χ0n) is 3.26. The predicted molar refractivity (Wildman–Crippen MR) is 12.1 cm³/mol. The molecule has 0 saturated heterocycles. The summed E-state index contributed by atoms with van der Waals surface area (Å²) in [6.07, 6.45) is 0. The van der Waals surface area contributed by atoms with Crippen LogP contribution in [-0.2, 0) is 4.46 Å². The van der Waals surface area contributed by atoms with Gasteiger partial charge in [0.2, 0.25) is 0 Å². The van der Waals surface area contributed by atoms with Crippen LogP contribution >= 0.6 is 0 Å². The van der Waals surface area contributed by atoms with Gasteiger partial charge in [0.25, 0.3) is 8.93 Å². The second-order valence-corrected chi connectivity index (χ2v) is 1.20. The van der Waals surface area contributed by atoms with Crippen molar-refractivity contribution in [2.24, 2.45) is 0 Å². The molecule has 6 heavy (non-hydrogen) atoms. The van der Waals surface area contributed by atoms with Crippen molar-refractivity contribution in [2.75, 3.05) is 0 Å². The summed E-state index contributed by atoms with van der Waals surface area (Å²) in [5, 5.41) is 7.31. The minimum Gasteiger partial charge on any atom is -0.573 e. The average Bonchev–Trinajstić information content (AvgIpc) is 1.38. The Morgan fingerprint density at radius 1 is 1.83 bits per heavy atom. The molecule has 0 radical (unpaired) electrons. The van der Waals surface area contributed by atoms with Crippen LogP contribution in [0.15, 0.2) is 0 Å². The molecule has 0 fully saturated rings. The SMILES string of the molecule is N#C[Si](=O)[O-].[Na+]. The van der Waals surface area contributed by atoms with Gasteiger partial charge in [-0.2, -0.15) is 5.26 Å². The molecule has 0 aromatic heterocycles. The normalized spacial score (nSPS) is 4.50. The Hall–Kier alpha value is 0.307. The van der Waals surface area contributed by atoms with Crippen LogP contribution in [0.2, 0.25) is 0 Å². The van der Waals surface area contributed by atoms with Crippen molar-refractivity contribution in [2.45, 2.75) is 0 Å². The van der Waals surface area contributed by atoms with Crippen molar-refractivity contribution in [1.82, 2.24) is 0 Å². The first-order chi connectivity index (χ1) is 2.27. The molecule has 0 N–H and O–H groups in total. The molecule has 5 heteroatoms. The van der Waals surface area contributed by atoms with Gasteiger partial charge in [-0.15, -0.1) is 0 Å². The molecular weight excluding hydrogens is 109 g/mol. The zero-order valence-corrected chi connectivity index (χ0v) is 6.26. The van der Waals surface area contributed by atoms with E-state index < -0.39 is 8.93 Å². The molecule has 3 nitrogen and oxygen atoms in total. The Kier molecular flexibility index (Phi) is 8.47. The van der Waals surface area contributed by atoms with Crippen LogP contribution in [0.25, 0.3) is 0 Å². The molecule has 0 spiro atoms. The van der Waals surface area contributed by atoms with Crippen LogP contribution in [0.3, 0.4) is 0 Å². The molecule has 0 aliphatic carbocycles. The molecule has 0 bridgehead atoms. The number of nitrogens with zero attached hydrogens (tertiary/aromatic N) is 1. The molecule has 0 unspecified atom stereocenters. The molecule has 0 atom stereocenters. The minimum absolute atomic E-state index is 0. The monoisotopic (exact) mass is 109 g/mol. The van der Waals surface area contributed by atoms with Crippen molar-refractivity contribution in [3.8, 4) is 5.69 Å². The Bertz CT molecular complexity index is 86.0. The maximum absolute atomic E-state index is 9.08. The molecule has 0 rings (SSSR count). The average molecular weight is 109 g/mol. The summed E-state index contributed by atoms with van der Waals surface area (Å²) in [6, 6.07) is 0. The summed E-state index contributed by atoms with van der Waals surface area (Å²) in [6.45, 7) is 0. The summed E-state index contributed by atoms with van der Waals surface area (Å²) in [4.78, 5) is 9.08. The van der Waals surface area contributed by atoms with Crippen molar-refractivity contribution < 1.29 is 38.8 Å². The molecular formula is CNNaO2Si. The fourth-order valence-electron chi connectivity index (χ4n) is 0. The minimum atomic E-state index is -3.07. The van der Waals surface area contributed by atoms with Crippen molar-refractivity contribution in [1.29, 1.82) is 5.26 Å². The van der Waals surface area contributed by atoms with Gasteiger partial charge < -0.3 is 9.26 Å². The first-order valence-electron chi connectivity index (χ1n) is 0.882. The Balaban J connectivity index is 0. The van der Waals surface area contributed by atoms with E-state index in [4.69, 9.17) is 14.5 Å². The number of nitriles is 1. The van der Waals surface area contributed by atoms with Gasteiger partial charge in [-0.05, 0) is 0 Å². The molecule has 0 heterocycles. The summed E-state index contributed by atoms with van der Waals surface area (Å²) < 4.78 is 9.08. The van der Waals surface area contributed by atoms with Crippen molar-refractivity contribution in [3.05, 3.63) is 0 Å². The van der Waals surface area contributed by atoms with Gasteiger partial charge in [0, 0.05) is 0 Å². The van der Waals surface area contributed by atoms with Crippen LogP contribution in [0.1, 0.15) is 0 Å². The number of hydrogen-bond donors (Lipinski definition) is 0. The summed E-state index contributed by atoms with van der Waals surface area (Å²) in [5.41, 5.74) is 1.02. The first-order valence-corrected chi connectivity index (χ1v) is 2.20. The van der Waals surface area contributed by atoms with E-state index in [0.717, 1.165) is 5.69 Å². The second kappa shape index (κ2) is 5.31. The summed E-state index contributed by atoms with van der Waals surface area (Å²) in [5.74, 6) is 0. The van der Waals surface area contributed by atoms with Gasteiger partial charge in [-0.3, -0.25) is 0 Å². The fourth-order valence-corrected chi connectivity index (χ4v) is 0. The van der Waals surface area contributed by atoms with Crippen molar-refractivity contribution in [3.63, 3.8) is 0 Å². The third-order valence-electron chi connectivity index (χ3n) is 0.0913. The fraction of sp³-hybridized carbons (Fsp3) is 0. The van der Waals surface area contributed by atoms with E-state index in [1.54, 1.807) is 0 Å². The van der Waals surface area contributed by atoms with E-state index in [-0.39, 0.29) is 29.6 Å². The molecule has 0 aromatic rings. The van der Waals surface area contributed by atoms with Gasteiger partial charge in [0.05, 0.1) is 5.69 Å². The molecule has 0 aromatic carbocycles. The Morgan fingerprint density at radius 3 is 2.00 bits per heavy atom. The van der Waals surface area contributed by atoms with E-state index in [2.05, 4.69) is 0 Å². The topological polar surface area (TPSA) is 63.9 Å². The third kappa shape index (κ3) is 8.85. The van der Waals surface area contributed by atoms with Crippen molar-refractivity contribution >= 4 is 8.93 Å². The van der Waals surface area contributed by atoms with Gasteiger partial charge in [0.1, 0.15) is 0 Å². The summed E-state index contributed by atoms with van der Waals surface area (Å²) >= 11 is 0. The van der Waals surface area contributed by atoms with Crippen LogP contribution in [-0.4, -0.2) is 8.93 Å². The molecule has 0 amide bonds. The zero-order chi connectivity index (χ0) is 4.28. The van der Waals surface area contributed by atoms with E-state index >= 15 is 0 Å². The van der Waals surface area contributed by atoms with E-state index in [1.807, 2.05) is 0 Å². The Morgan fingerprint density at radius 2 is 2.00 bits per heavy atom. The largest absolute Gasteiger partial charge is 1.00 e. The smallest absolute Gasteiger partial charge is 0.573 e. The van der Waals surface area contributed by atoms with Crippen LogP contribution in [0, 0.1) is 11.0 Å². The van der Waals surface area contributed by atoms with Gasteiger partial charge in [-0.1, -0.05) is 0 Å². The Labute approximate surface area is 58.7 Å². The number of rotatable bonds is 0. The summed E-state index contributed by atoms with van der Waals surface area (Å²) in [7, 11) is -3.07. The molecule has 0 saturated carbocycles. The quantitative estimate of drug-likeness (QED) is 0.294. The van der Waals surface area contributed by atoms with Gasteiger partial charge >= 0.3 is 29.6 Å². The molecule has 26 valence electrons. The molecule has 0 aliphatic heterocycles. The first kappa shape index (κ1) is 9.58. The number of hydrogen-bond acceptors (Lipinski definition) is 3. The van der Waals surface area contributed by atoms with Crippen LogP contribution in [0.5, 0.6) is 0 Å². The third-order valence-corrected chi connectivity index (χ3v) is 0.274. The maximum atomic E-state index is 9.08. The second-order valence-electron chi connectivity index (χ2n) is 0.399. The van der Waals surface area contributed by atoms with Gasteiger partial charge in [-0.25, -0.2) is 0 Å². The molecule has 0 aliphatic rings. The van der Waals surface area contributed by atoms with Crippen LogP contribution < -0.4 is 34.4 Å². The maximum Gasteiger partial charge on any atom is 1.00 e. The predicted octanol–water partition coefficient (Wildman–Crippen LogP) is -4.67. The van der Waals surface area contributed by atoms with Gasteiger partial charge in [0.15, 0.2) is 0 Å². The van der Waals surface area contributed by atoms with Crippen LogP contribution in [0.4, 0.5) is 0 Å².